The molecule has 3 rings (SSSR count). The summed E-state index contributed by atoms with van der Waals surface area (Å²) in [6, 6.07) is 16.4. The highest BCUT2D eigenvalue weighted by Crippen LogP contribution is 2.33. The van der Waals surface area contributed by atoms with Gasteiger partial charge in [-0.05, 0) is 42.5 Å². The van der Waals surface area contributed by atoms with E-state index < -0.39 is 0 Å². The number of amides is 1. The van der Waals surface area contributed by atoms with Crippen molar-refractivity contribution in [2.45, 2.75) is 31.7 Å². The lowest BCUT2D eigenvalue weighted by molar-refractivity contribution is -0.132. The number of ether oxygens (including phenoxy) is 2. The zero-order valence-electron chi connectivity index (χ0n) is 14.9. The molecule has 1 amide bonds. The Balaban J connectivity index is 1.64. The SMILES string of the molecule is COc1ccc(CCC(=O)N2CCCC2c2ccccc2)cc1OC. The zero-order valence-corrected chi connectivity index (χ0v) is 14.9. The molecular weight excluding hydrogens is 314 g/mol. The van der Waals surface area contributed by atoms with Gasteiger partial charge in [0.2, 0.25) is 5.91 Å². The van der Waals surface area contributed by atoms with Gasteiger partial charge in [0.1, 0.15) is 0 Å². The molecule has 1 saturated heterocycles. The summed E-state index contributed by atoms with van der Waals surface area (Å²) in [6.07, 6.45) is 3.34. The Morgan fingerprint density at radius 3 is 2.56 bits per heavy atom. The molecule has 1 atom stereocenters. The maximum atomic E-state index is 12.7. The summed E-state index contributed by atoms with van der Waals surface area (Å²) in [5, 5.41) is 0. The molecule has 1 heterocycles. The molecule has 0 spiro atoms. The first kappa shape index (κ1) is 17.3. The molecule has 1 aliphatic heterocycles. The Morgan fingerprint density at radius 1 is 1.08 bits per heavy atom. The van der Waals surface area contributed by atoms with Crippen molar-refractivity contribution in [1.82, 2.24) is 4.90 Å². The first-order valence-electron chi connectivity index (χ1n) is 8.78. The predicted molar refractivity (Wildman–Crippen MR) is 98.0 cm³/mol. The van der Waals surface area contributed by atoms with Crippen molar-refractivity contribution in [2.24, 2.45) is 0 Å². The fourth-order valence-corrected chi connectivity index (χ4v) is 3.52. The summed E-state index contributed by atoms with van der Waals surface area (Å²) >= 11 is 0. The van der Waals surface area contributed by atoms with Crippen LogP contribution < -0.4 is 9.47 Å². The monoisotopic (exact) mass is 339 g/mol. The second kappa shape index (κ2) is 8.06. The van der Waals surface area contributed by atoms with Crippen molar-refractivity contribution < 1.29 is 14.3 Å². The van der Waals surface area contributed by atoms with Crippen LogP contribution in [-0.2, 0) is 11.2 Å². The minimum atomic E-state index is 0.221. The number of carbonyl (C=O) groups is 1. The van der Waals surface area contributed by atoms with Gasteiger partial charge >= 0.3 is 0 Å². The molecule has 0 aromatic heterocycles. The van der Waals surface area contributed by atoms with Crippen LogP contribution in [0.15, 0.2) is 48.5 Å². The molecule has 0 radical (unpaired) electrons. The Kier molecular flexibility index (Phi) is 5.59. The zero-order chi connectivity index (χ0) is 17.6. The minimum Gasteiger partial charge on any atom is -0.493 e. The van der Waals surface area contributed by atoms with Gasteiger partial charge in [0.25, 0.3) is 0 Å². The number of carbonyl (C=O) groups excluding carboxylic acids is 1. The van der Waals surface area contributed by atoms with E-state index in [0.717, 1.165) is 24.9 Å². The third-order valence-electron chi connectivity index (χ3n) is 4.83. The Hall–Kier alpha value is -2.49. The van der Waals surface area contributed by atoms with E-state index in [-0.39, 0.29) is 11.9 Å². The van der Waals surface area contributed by atoms with Crippen LogP contribution in [0.1, 0.15) is 36.4 Å². The number of nitrogens with zero attached hydrogens (tertiary/aromatic N) is 1. The van der Waals surface area contributed by atoms with Crippen LogP contribution in [-0.4, -0.2) is 31.6 Å². The van der Waals surface area contributed by atoms with Crippen LogP contribution in [0.5, 0.6) is 11.5 Å². The number of benzene rings is 2. The quantitative estimate of drug-likeness (QED) is 0.798. The van der Waals surface area contributed by atoms with Crippen molar-refractivity contribution >= 4 is 5.91 Å². The lowest BCUT2D eigenvalue weighted by Gasteiger charge is -2.25. The predicted octanol–water partition coefficient (Wildman–Crippen LogP) is 4.00. The molecule has 0 bridgehead atoms. The Morgan fingerprint density at radius 2 is 1.84 bits per heavy atom. The number of aryl methyl sites for hydroxylation is 1. The van der Waals surface area contributed by atoms with Gasteiger partial charge < -0.3 is 14.4 Å². The van der Waals surface area contributed by atoms with Crippen LogP contribution in [0.25, 0.3) is 0 Å². The molecule has 1 unspecified atom stereocenters. The van der Waals surface area contributed by atoms with E-state index >= 15 is 0 Å². The van der Waals surface area contributed by atoms with Gasteiger partial charge in [0, 0.05) is 13.0 Å². The Bertz CT molecular complexity index is 714. The lowest BCUT2D eigenvalue weighted by atomic mass is 10.0. The second-order valence-corrected chi connectivity index (χ2v) is 6.35. The number of methoxy groups -OCH3 is 2. The van der Waals surface area contributed by atoms with Crippen LogP contribution in [0.4, 0.5) is 0 Å². The van der Waals surface area contributed by atoms with Crippen LogP contribution >= 0.6 is 0 Å². The first-order valence-corrected chi connectivity index (χ1v) is 8.78. The highest BCUT2D eigenvalue weighted by atomic mass is 16.5. The second-order valence-electron chi connectivity index (χ2n) is 6.35. The van der Waals surface area contributed by atoms with E-state index in [9.17, 15) is 4.79 Å². The van der Waals surface area contributed by atoms with Crippen molar-refractivity contribution in [1.29, 1.82) is 0 Å². The summed E-state index contributed by atoms with van der Waals surface area (Å²) < 4.78 is 10.6. The Labute approximate surface area is 149 Å². The van der Waals surface area contributed by atoms with Crippen molar-refractivity contribution in [3.63, 3.8) is 0 Å². The fraction of sp³-hybridized carbons (Fsp3) is 0.381. The van der Waals surface area contributed by atoms with E-state index in [1.165, 1.54) is 5.56 Å². The molecular formula is C21H25NO3. The van der Waals surface area contributed by atoms with E-state index in [1.807, 2.05) is 41.3 Å². The van der Waals surface area contributed by atoms with Crippen LogP contribution in [0.3, 0.4) is 0 Å². The molecule has 0 saturated carbocycles. The molecule has 2 aromatic carbocycles. The van der Waals surface area contributed by atoms with E-state index in [1.54, 1.807) is 14.2 Å². The third-order valence-corrected chi connectivity index (χ3v) is 4.83. The number of likely N-dealkylation sites (tertiary alicyclic amines) is 1. The first-order chi connectivity index (χ1) is 12.2. The molecule has 1 fully saturated rings. The third kappa shape index (κ3) is 3.95. The fourth-order valence-electron chi connectivity index (χ4n) is 3.52. The van der Waals surface area contributed by atoms with Crippen molar-refractivity contribution in [2.75, 3.05) is 20.8 Å². The van der Waals surface area contributed by atoms with Gasteiger partial charge in [0.15, 0.2) is 11.5 Å². The number of hydrogen-bond acceptors (Lipinski definition) is 3. The van der Waals surface area contributed by atoms with Gasteiger partial charge in [-0.1, -0.05) is 36.4 Å². The topological polar surface area (TPSA) is 38.8 Å². The van der Waals surface area contributed by atoms with E-state index in [4.69, 9.17) is 9.47 Å². The largest absolute Gasteiger partial charge is 0.493 e. The number of rotatable bonds is 6. The summed E-state index contributed by atoms with van der Waals surface area (Å²) in [5.41, 5.74) is 2.32. The van der Waals surface area contributed by atoms with Crippen LogP contribution in [0.2, 0.25) is 0 Å². The molecule has 0 aliphatic carbocycles. The van der Waals surface area contributed by atoms with E-state index in [2.05, 4.69) is 12.1 Å². The normalized spacial score (nSPS) is 16.7. The molecule has 2 aromatic rings. The number of hydrogen-bond donors (Lipinski definition) is 0. The maximum Gasteiger partial charge on any atom is 0.223 e. The van der Waals surface area contributed by atoms with Gasteiger partial charge in [-0.25, -0.2) is 0 Å². The van der Waals surface area contributed by atoms with Crippen molar-refractivity contribution in [3.8, 4) is 11.5 Å². The summed E-state index contributed by atoms with van der Waals surface area (Å²) in [6.45, 7) is 0.852. The van der Waals surface area contributed by atoms with Gasteiger partial charge in [-0.2, -0.15) is 0 Å². The summed E-state index contributed by atoms with van der Waals surface area (Å²) in [4.78, 5) is 14.8. The molecule has 4 nitrogen and oxygen atoms in total. The minimum absolute atomic E-state index is 0.221. The van der Waals surface area contributed by atoms with Gasteiger partial charge in [-0.15, -0.1) is 0 Å². The molecule has 0 N–H and O–H groups in total. The molecule has 132 valence electrons. The lowest BCUT2D eigenvalue weighted by Crippen LogP contribution is -2.30. The standard InChI is InChI=1S/C21H25NO3/c1-24-19-12-10-16(15-20(19)25-2)11-13-21(23)22-14-6-9-18(22)17-7-4-3-5-8-17/h3-5,7-8,10,12,15,18H,6,9,11,13-14H2,1-2H3. The summed E-state index contributed by atoms with van der Waals surface area (Å²) in [7, 11) is 3.25. The summed E-state index contributed by atoms with van der Waals surface area (Å²) in [5.74, 6) is 1.64. The maximum absolute atomic E-state index is 12.7. The smallest absolute Gasteiger partial charge is 0.223 e. The van der Waals surface area contributed by atoms with E-state index in [0.29, 0.717) is 24.3 Å². The van der Waals surface area contributed by atoms with Gasteiger partial charge in [-0.3, -0.25) is 4.79 Å². The van der Waals surface area contributed by atoms with Crippen LogP contribution in [0, 0.1) is 0 Å². The molecule has 1 aliphatic rings. The average Bonchev–Trinajstić information content (AvgIpc) is 3.16. The van der Waals surface area contributed by atoms with Gasteiger partial charge in [0.05, 0.1) is 20.3 Å². The molecule has 4 heteroatoms. The highest BCUT2D eigenvalue weighted by Gasteiger charge is 2.29. The molecule has 25 heavy (non-hydrogen) atoms. The highest BCUT2D eigenvalue weighted by molar-refractivity contribution is 5.77. The average molecular weight is 339 g/mol. The van der Waals surface area contributed by atoms with Crippen molar-refractivity contribution in [3.05, 3.63) is 59.7 Å².